The van der Waals surface area contributed by atoms with Gasteiger partial charge in [0.15, 0.2) is 16.3 Å². The molecule has 6 rings (SSSR count). The fourth-order valence-corrected chi connectivity index (χ4v) is 6.35. The van der Waals surface area contributed by atoms with E-state index in [9.17, 15) is 4.79 Å². The number of aromatic nitrogens is 1. The summed E-state index contributed by atoms with van der Waals surface area (Å²) in [6, 6.07) is 21.7. The first kappa shape index (κ1) is 24.9. The molecule has 6 nitrogen and oxygen atoms in total. The first-order chi connectivity index (χ1) is 19.1. The third-order valence-electron chi connectivity index (χ3n) is 7.12. The molecule has 0 N–H and O–H groups in total. The summed E-state index contributed by atoms with van der Waals surface area (Å²) in [5.41, 5.74) is 6.29. The van der Waals surface area contributed by atoms with Crippen LogP contribution in [0.1, 0.15) is 34.7 Å². The van der Waals surface area contributed by atoms with Crippen molar-refractivity contribution in [3.8, 4) is 17.2 Å². The number of methoxy groups -OCH3 is 2. The fraction of sp³-hybridized carbons (Fsp3) is 0.188. The van der Waals surface area contributed by atoms with Gasteiger partial charge in [0.25, 0.3) is 5.56 Å². The van der Waals surface area contributed by atoms with Gasteiger partial charge in [-0.25, -0.2) is 4.99 Å². The molecule has 1 atom stereocenters. The van der Waals surface area contributed by atoms with Gasteiger partial charge in [-0.3, -0.25) is 9.36 Å². The topological polar surface area (TPSA) is 62.0 Å². The molecule has 39 heavy (non-hydrogen) atoms. The molecule has 0 saturated heterocycles. The second-order valence-electron chi connectivity index (χ2n) is 9.40. The molecule has 0 fully saturated rings. The average molecular weight is 537 g/mol. The van der Waals surface area contributed by atoms with E-state index in [0.29, 0.717) is 27.4 Å². The van der Waals surface area contributed by atoms with Gasteiger partial charge in [0.2, 0.25) is 0 Å². The smallest absolute Gasteiger partial charge is 0.271 e. The minimum absolute atomic E-state index is 0.0682. The van der Waals surface area contributed by atoms with Crippen molar-refractivity contribution in [2.45, 2.75) is 18.9 Å². The summed E-state index contributed by atoms with van der Waals surface area (Å²) in [4.78, 5) is 19.8. The molecular formula is C32H28N2O4S. The van der Waals surface area contributed by atoms with Gasteiger partial charge in [0, 0.05) is 5.56 Å². The minimum atomic E-state index is -0.297. The van der Waals surface area contributed by atoms with Crippen LogP contribution in [-0.4, -0.2) is 25.4 Å². The molecule has 2 aliphatic rings. The molecule has 1 aliphatic carbocycles. The predicted octanol–water partition coefficient (Wildman–Crippen LogP) is 4.90. The molecule has 0 radical (unpaired) electrons. The van der Waals surface area contributed by atoms with Crippen LogP contribution in [0.5, 0.6) is 17.2 Å². The zero-order chi connectivity index (χ0) is 26.9. The van der Waals surface area contributed by atoms with Crippen LogP contribution in [0.25, 0.3) is 11.8 Å². The second kappa shape index (κ2) is 10.4. The number of aryl methyl sites for hydroxylation is 1. The molecular weight excluding hydrogens is 508 g/mol. The molecule has 0 unspecified atom stereocenters. The number of rotatable bonds is 7. The Kier molecular flexibility index (Phi) is 6.67. The molecule has 2 heterocycles. The summed E-state index contributed by atoms with van der Waals surface area (Å²) in [6.45, 7) is 4.13. The number of benzene rings is 3. The summed E-state index contributed by atoms with van der Waals surface area (Å²) in [5.74, 6) is 2.01. The highest BCUT2D eigenvalue weighted by atomic mass is 32.1. The quantitative estimate of drug-likeness (QED) is 0.315. The van der Waals surface area contributed by atoms with Gasteiger partial charge in [-0.1, -0.05) is 66.5 Å². The summed E-state index contributed by atoms with van der Waals surface area (Å²) in [5, 5.41) is 0. The Morgan fingerprint density at radius 1 is 1.03 bits per heavy atom. The first-order valence-corrected chi connectivity index (χ1v) is 13.6. The van der Waals surface area contributed by atoms with Gasteiger partial charge in [-0.05, 0) is 65.4 Å². The molecule has 4 aromatic rings. The Hall–Kier alpha value is -4.36. The molecule has 7 heteroatoms. The number of allylic oxidation sites excluding steroid dienone is 1. The first-order valence-electron chi connectivity index (χ1n) is 12.8. The maximum absolute atomic E-state index is 14.0. The monoisotopic (exact) mass is 536 g/mol. The van der Waals surface area contributed by atoms with Crippen molar-refractivity contribution in [1.29, 1.82) is 0 Å². The standard InChI is InChI=1S/C32H28N2O4S/c1-4-16-38-23-10-7-8-20(17-23)18-28-31(35)34-30(22-13-15-26(36-2)27(19-22)37-3)25-14-12-21-9-5-6-11-24(21)29(25)33-32(34)39-28/h4-11,13,15,17-19,30H,1,12,14,16H2,2-3H3/b28-18+/t30-/m1/s1. The minimum Gasteiger partial charge on any atom is -0.493 e. The number of thiazole rings is 1. The fourth-order valence-electron chi connectivity index (χ4n) is 5.35. The third-order valence-corrected chi connectivity index (χ3v) is 8.10. The van der Waals surface area contributed by atoms with Crippen LogP contribution in [0.3, 0.4) is 0 Å². The Balaban J connectivity index is 1.56. The summed E-state index contributed by atoms with van der Waals surface area (Å²) in [6.07, 6.45) is 5.34. The SMILES string of the molecule is C=CCOc1cccc(/C=c2/sc3n(c2=O)[C@H](c2ccc(OC)c(OC)c2)C2=C(N=3)c3ccccc3CC2)c1. The molecule has 1 aliphatic heterocycles. The molecule has 0 amide bonds. The number of fused-ring (bicyclic) bond motifs is 3. The zero-order valence-electron chi connectivity index (χ0n) is 21.8. The van der Waals surface area contributed by atoms with Crippen LogP contribution in [-0.2, 0) is 6.42 Å². The lowest BCUT2D eigenvalue weighted by molar-refractivity contribution is 0.354. The predicted molar refractivity (Wildman–Crippen MR) is 154 cm³/mol. The van der Waals surface area contributed by atoms with Crippen molar-refractivity contribution in [3.63, 3.8) is 0 Å². The van der Waals surface area contributed by atoms with Gasteiger partial charge in [-0.2, -0.15) is 0 Å². The molecule has 0 bridgehead atoms. The van der Waals surface area contributed by atoms with Crippen molar-refractivity contribution in [2.24, 2.45) is 4.99 Å². The largest absolute Gasteiger partial charge is 0.493 e. The van der Waals surface area contributed by atoms with Crippen LogP contribution in [0.4, 0.5) is 0 Å². The highest BCUT2D eigenvalue weighted by molar-refractivity contribution is 7.07. The third kappa shape index (κ3) is 4.49. The van der Waals surface area contributed by atoms with E-state index in [1.165, 1.54) is 16.9 Å². The summed E-state index contributed by atoms with van der Waals surface area (Å²) < 4.78 is 19.3. The summed E-state index contributed by atoms with van der Waals surface area (Å²) in [7, 11) is 3.25. The van der Waals surface area contributed by atoms with Gasteiger partial charge in [-0.15, -0.1) is 0 Å². The Morgan fingerprint density at radius 2 is 1.87 bits per heavy atom. The van der Waals surface area contributed by atoms with Gasteiger partial charge >= 0.3 is 0 Å². The molecule has 3 aromatic carbocycles. The van der Waals surface area contributed by atoms with Crippen LogP contribution >= 0.6 is 11.3 Å². The van der Waals surface area contributed by atoms with Crippen LogP contribution in [0, 0.1) is 0 Å². The van der Waals surface area contributed by atoms with Crippen molar-refractivity contribution in [3.05, 3.63) is 127 Å². The van der Waals surface area contributed by atoms with E-state index in [1.54, 1.807) is 20.3 Å². The van der Waals surface area contributed by atoms with E-state index >= 15 is 0 Å². The van der Waals surface area contributed by atoms with Crippen molar-refractivity contribution < 1.29 is 14.2 Å². The average Bonchev–Trinajstić information content (AvgIpc) is 3.28. The van der Waals surface area contributed by atoms with E-state index in [2.05, 4.69) is 24.8 Å². The van der Waals surface area contributed by atoms with Gasteiger partial charge in [0.1, 0.15) is 12.4 Å². The highest BCUT2D eigenvalue weighted by Gasteiger charge is 2.33. The number of nitrogens with zero attached hydrogens (tertiary/aromatic N) is 2. The molecule has 196 valence electrons. The highest BCUT2D eigenvalue weighted by Crippen LogP contribution is 2.42. The number of ether oxygens (including phenoxy) is 3. The van der Waals surface area contributed by atoms with Crippen LogP contribution in [0.15, 0.2) is 94.7 Å². The van der Waals surface area contributed by atoms with E-state index in [0.717, 1.165) is 46.6 Å². The van der Waals surface area contributed by atoms with Crippen LogP contribution < -0.4 is 29.1 Å². The Bertz CT molecular complexity index is 1800. The van der Waals surface area contributed by atoms with Crippen molar-refractivity contribution in [2.75, 3.05) is 20.8 Å². The molecule has 0 saturated carbocycles. The zero-order valence-corrected chi connectivity index (χ0v) is 22.7. The lowest BCUT2D eigenvalue weighted by Crippen LogP contribution is -2.38. The van der Waals surface area contributed by atoms with E-state index in [1.807, 2.05) is 59.2 Å². The normalized spacial score (nSPS) is 16.1. The summed E-state index contributed by atoms with van der Waals surface area (Å²) >= 11 is 1.41. The molecule has 1 aromatic heterocycles. The van der Waals surface area contributed by atoms with E-state index in [4.69, 9.17) is 19.2 Å². The van der Waals surface area contributed by atoms with Crippen LogP contribution in [0.2, 0.25) is 0 Å². The number of hydrogen-bond donors (Lipinski definition) is 0. The van der Waals surface area contributed by atoms with E-state index in [-0.39, 0.29) is 11.6 Å². The van der Waals surface area contributed by atoms with Crippen molar-refractivity contribution >= 4 is 23.1 Å². The molecule has 0 spiro atoms. The Labute approximate surface area is 230 Å². The Morgan fingerprint density at radius 3 is 2.69 bits per heavy atom. The maximum Gasteiger partial charge on any atom is 0.271 e. The van der Waals surface area contributed by atoms with Gasteiger partial charge < -0.3 is 14.2 Å². The lowest BCUT2D eigenvalue weighted by atomic mass is 9.83. The number of hydrogen-bond acceptors (Lipinski definition) is 6. The van der Waals surface area contributed by atoms with Crippen molar-refractivity contribution in [1.82, 2.24) is 4.57 Å². The maximum atomic E-state index is 14.0. The van der Waals surface area contributed by atoms with Gasteiger partial charge in [0.05, 0.1) is 30.5 Å². The van der Waals surface area contributed by atoms with E-state index < -0.39 is 0 Å². The second-order valence-corrected chi connectivity index (χ2v) is 10.4. The lowest BCUT2D eigenvalue weighted by Gasteiger charge is -2.31.